The van der Waals surface area contributed by atoms with Crippen LogP contribution < -0.4 is 11.1 Å². The molecule has 1 amide bonds. The van der Waals surface area contributed by atoms with Gasteiger partial charge in [0.05, 0.1) is 19.1 Å². The molecule has 0 aliphatic carbocycles. The summed E-state index contributed by atoms with van der Waals surface area (Å²) < 4.78 is 38.5. The fraction of sp³-hybridized carbons (Fsp3) is 0.929. The molecule has 0 aromatic heterocycles. The molecule has 1 rings (SSSR count). The van der Waals surface area contributed by atoms with Crippen molar-refractivity contribution in [2.24, 2.45) is 11.7 Å². The SMILES string of the molecule is COCCN(CCOC)S(=O)(=O)N1CCCC(C(=O)NCCN)C1. The number of carbonyl (C=O) groups excluding carboxylic acids is 1. The Hall–Kier alpha value is -0.780. The normalized spacial score (nSPS) is 19.6. The molecule has 1 saturated heterocycles. The van der Waals surface area contributed by atoms with Crippen LogP contribution in [0.5, 0.6) is 0 Å². The first-order valence-electron chi connectivity index (χ1n) is 8.18. The van der Waals surface area contributed by atoms with Gasteiger partial charge in [0.2, 0.25) is 5.91 Å². The number of amides is 1. The van der Waals surface area contributed by atoms with Crippen LogP contribution in [0.2, 0.25) is 0 Å². The number of nitrogens with zero attached hydrogens (tertiary/aromatic N) is 2. The van der Waals surface area contributed by atoms with Crippen LogP contribution in [-0.2, 0) is 24.5 Å². The van der Waals surface area contributed by atoms with Crippen LogP contribution in [0.4, 0.5) is 0 Å². The quantitative estimate of drug-likeness (QED) is 0.465. The lowest BCUT2D eigenvalue weighted by atomic mass is 9.99. The molecule has 1 aliphatic heterocycles. The molecular weight excluding hydrogens is 336 g/mol. The first-order chi connectivity index (χ1) is 11.5. The summed E-state index contributed by atoms with van der Waals surface area (Å²) in [5, 5.41) is 2.73. The molecule has 0 saturated carbocycles. The molecule has 0 aromatic carbocycles. The fourth-order valence-corrected chi connectivity index (χ4v) is 4.26. The minimum atomic E-state index is -3.65. The fourth-order valence-electron chi connectivity index (χ4n) is 2.60. The number of carbonyl (C=O) groups is 1. The van der Waals surface area contributed by atoms with Crippen molar-refractivity contribution in [2.75, 3.05) is 66.7 Å². The van der Waals surface area contributed by atoms with Gasteiger partial charge in [-0.3, -0.25) is 4.79 Å². The lowest BCUT2D eigenvalue weighted by Gasteiger charge is -2.35. The summed E-state index contributed by atoms with van der Waals surface area (Å²) in [6, 6.07) is 0. The third-order valence-corrected chi connectivity index (χ3v) is 5.94. The van der Waals surface area contributed by atoms with E-state index in [2.05, 4.69) is 5.32 Å². The van der Waals surface area contributed by atoms with Crippen LogP contribution in [0.15, 0.2) is 0 Å². The van der Waals surface area contributed by atoms with Gasteiger partial charge in [0.15, 0.2) is 0 Å². The molecule has 0 aromatic rings. The van der Waals surface area contributed by atoms with Gasteiger partial charge < -0.3 is 20.5 Å². The van der Waals surface area contributed by atoms with Crippen molar-refractivity contribution in [3.05, 3.63) is 0 Å². The number of nitrogens with two attached hydrogens (primary N) is 1. The number of piperidine rings is 1. The van der Waals surface area contributed by atoms with Crippen LogP contribution in [0.3, 0.4) is 0 Å². The Morgan fingerprint density at radius 1 is 1.29 bits per heavy atom. The molecule has 1 unspecified atom stereocenters. The average molecular weight is 366 g/mol. The minimum Gasteiger partial charge on any atom is -0.383 e. The Bertz CT molecular complexity index is 466. The number of nitrogens with one attached hydrogen (secondary N) is 1. The molecule has 24 heavy (non-hydrogen) atoms. The van der Waals surface area contributed by atoms with Crippen LogP contribution in [0.25, 0.3) is 0 Å². The maximum Gasteiger partial charge on any atom is 0.282 e. The van der Waals surface area contributed by atoms with Crippen molar-refractivity contribution in [1.29, 1.82) is 0 Å². The van der Waals surface area contributed by atoms with E-state index in [1.807, 2.05) is 0 Å². The molecule has 9 nitrogen and oxygen atoms in total. The summed E-state index contributed by atoms with van der Waals surface area (Å²) in [4.78, 5) is 12.1. The van der Waals surface area contributed by atoms with Gasteiger partial charge in [0.1, 0.15) is 0 Å². The van der Waals surface area contributed by atoms with Gasteiger partial charge >= 0.3 is 0 Å². The highest BCUT2D eigenvalue weighted by molar-refractivity contribution is 7.86. The van der Waals surface area contributed by atoms with E-state index in [4.69, 9.17) is 15.2 Å². The third-order valence-electron chi connectivity index (χ3n) is 3.94. The van der Waals surface area contributed by atoms with E-state index < -0.39 is 10.2 Å². The second-order valence-electron chi connectivity index (χ2n) is 5.67. The summed E-state index contributed by atoms with van der Waals surface area (Å²) in [6.07, 6.45) is 1.33. The highest BCUT2D eigenvalue weighted by Crippen LogP contribution is 2.21. The van der Waals surface area contributed by atoms with Gasteiger partial charge in [0.25, 0.3) is 10.2 Å². The third kappa shape index (κ3) is 6.26. The topological polar surface area (TPSA) is 114 Å². The molecule has 10 heteroatoms. The van der Waals surface area contributed by atoms with Crippen molar-refractivity contribution in [3.8, 4) is 0 Å². The number of hydrogen-bond acceptors (Lipinski definition) is 6. The zero-order chi connectivity index (χ0) is 18.0. The van der Waals surface area contributed by atoms with E-state index in [1.54, 1.807) is 0 Å². The highest BCUT2D eigenvalue weighted by Gasteiger charge is 2.35. The van der Waals surface area contributed by atoms with Crippen LogP contribution in [-0.4, -0.2) is 89.6 Å². The molecule has 1 atom stereocenters. The van der Waals surface area contributed by atoms with Gasteiger partial charge in [-0.1, -0.05) is 0 Å². The first-order valence-corrected chi connectivity index (χ1v) is 9.58. The van der Waals surface area contributed by atoms with E-state index in [9.17, 15) is 13.2 Å². The largest absolute Gasteiger partial charge is 0.383 e. The average Bonchev–Trinajstić information content (AvgIpc) is 2.59. The Morgan fingerprint density at radius 2 is 1.92 bits per heavy atom. The molecule has 1 heterocycles. The molecular formula is C14H30N4O5S. The van der Waals surface area contributed by atoms with Crippen LogP contribution >= 0.6 is 0 Å². The number of hydrogen-bond donors (Lipinski definition) is 2. The molecule has 142 valence electrons. The monoisotopic (exact) mass is 366 g/mol. The summed E-state index contributed by atoms with van der Waals surface area (Å²) in [5.41, 5.74) is 5.38. The molecule has 3 N–H and O–H groups in total. The Morgan fingerprint density at radius 3 is 2.46 bits per heavy atom. The summed E-state index contributed by atoms with van der Waals surface area (Å²) in [6.45, 7) is 2.48. The molecule has 1 fully saturated rings. The van der Waals surface area contributed by atoms with Crippen LogP contribution in [0, 0.1) is 5.92 Å². The number of methoxy groups -OCH3 is 2. The Balaban J connectivity index is 2.76. The van der Waals surface area contributed by atoms with Gasteiger partial charge in [-0.2, -0.15) is 17.0 Å². The molecule has 0 spiro atoms. The number of ether oxygens (including phenoxy) is 2. The van der Waals surface area contributed by atoms with Crippen molar-refractivity contribution in [1.82, 2.24) is 13.9 Å². The van der Waals surface area contributed by atoms with E-state index in [0.717, 1.165) is 0 Å². The maximum atomic E-state index is 12.9. The standard InChI is InChI=1S/C14H30N4O5S/c1-22-10-8-17(9-11-23-2)24(20,21)18-7-3-4-13(12-18)14(19)16-6-5-15/h13H,3-12,15H2,1-2H3,(H,16,19). The van der Waals surface area contributed by atoms with Crippen molar-refractivity contribution < 1.29 is 22.7 Å². The van der Waals surface area contributed by atoms with Gasteiger partial charge in [-0.05, 0) is 12.8 Å². The predicted molar refractivity (Wildman–Crippen MR) is 90.6 cm³/mol. The zero-order valence-electron chi connectivity index (χ0n) is 14.6. The lowest BCUT2D eigenvalue weighted by Crippen LogP contribution is -2.52. The van der Waals surface area contributed by atoms with Crippen molar-refractivity contribution in [3.63, 3.8) is 0 Å². The second-order valence-corrected chi connectivity index (χ2v) is 7.60. The predicted octanol–water partition coefficient (Wildman–Crippen LogP) is -1.39. The van der Waals surface area contributed by atoms with Crippen molar-refractivity contribution in [2.45, 2.75) is 12.8 Å². The first kappa shape index (κ1) is 21.3. The van der Waals surface area contributed by atoms with Crippen LogP contribution in [0.1, 0.15) is 12.8 Å². The zero-order valence-corrected chi connectivity index (χ0v) is 15.4. The molecule has 0 radical (unpaired) electrons. The van der Waals surface area contributed by atoms with Gasteiger partial charge in [0, 0.05) is 53.5 Å². The summed E-state index contributed by atoms with van der Waals surface area (Å²) >= 11 is 0. The smallest absolute Gasteiger partial charge is 0.282 e. The van der Waals surface area contributed by atoms with E-state index >= 15 is 0 Å². The summed E-state index contributed by atoms with van der Waals surface area (Å²) in [7, 11) is -0.598. The maximum absolute atomic E-state index is 12.9. The summed E-state index contributed by atoms with van der Waals surface area (Å²) in [5.74, 6) is -0.479. The highest BCUT2D eigenvalue weighted by atomic mass is 32.2. The molecule has 0 bridgehead atoms. The van der Waals surface area contributed by atoms with Crippen molar-refractivity contribution >= 4 is 16.1 Å². The van der Waals surface area contributed by atoms with Gasteiger partial charge in [-0.15, -0.1) is 0 Å². The Labute approximate surface area is 144 Å². The lowest BCUT2D eigenvalue weighted by molar-refractivity contribution is -0.126. The van der Waals surface area contributed by atoms with Gasteiger partial charge in [-0.25, -0.2) is 0 Å². The molecule has 1 aliphatic rings. The van der Waals surface area contributed by atoms with E-state index in [1.165, 1.54) is 22.8 Å². The minimum absolute atomic E-state index is 0.138. The van der Waals surface area contributed by atoms with E-state index in [0.29, 0.717) is 45.7 Å². The second kappa shape index (κ2) is 11.0. The van der Waals surface area contributed by atoms with E-state index in [-0.39, 0.29) is 31.5 Å². The number of rotatable bonds is 11. The Kier molecular flexibility index (Phi) is 9.71.